The van der Waals surface area contributed by atoms with Crippen LogP contribution in [0.15, 0.2) is 42.7 Å². The molecule has 0 saturated carbocycles. The number of ether oxygens (including phenoxy) is 3. The first kappa shape index (κ1) is 13.8. The van der Waals surface area contributed by atoms with E-state index in [4.69, 9.17) is 25.8 Å². The summed E-state index contributed by atoms with van der Waals surface area (Å²) >= 11 is 6.11. The van der Waals surface area contributed by atoms with Crippen LogP contribution >= 0.6 is 11.6 Å². The molecule has 0 bridgehead atoms. The second kappa shape index (κ2) is 6.52. The Morgan fingerprint density at radius 3 is 2.37 bits per heavy atom. The minimum atomic E-state index is -0.447. The first-order valence-electron chi connectivity index (χ1n) is 5.67. The SMILES string of the molecule is COC(OC)c1ccc(Cl)c(Oc2ccncc2)c1. The number of halogens is 1. The van der Waals surface area contributed by atoms with E-state index in [0.717, 1.165) is 5.56 Å². The van der Waals surface area contributed by atoms with Crippen LogP contribution in [0.4, 0.5) is 0 Å². The fourth-order valence-electron chi connectivity index (χ4n) is 1.65. The van der Waals surface area contributed by atoms with Gasteiger partial charge >= 0.3 is 0 Å². The van der Waals surface area contributed by atoms with Crippen LogP contribution in [0.25, 0.3) is 0 Å². The lowest BCUT2D eigenvalue weighted by molar-refractivity contribution is -0.106. The molecule has 1 heterocycles. The Hall–Kier alpha value is -1.62. The van der Waals surface area contributed by atoms with Crippen molar-refractivity contribution < 1.29 is 14.2 Å². The maximum absolute atomic E-state index is 6.11. The van der Waals surface area contributed by atoms with Crippen LogP contribution in [0.1, 0.15) is 11.9 Å². The summed E-state index contributed by atoms with van der Waals surface area (Å²) in [5, 5.41) is 0.520. The monoisotopic (exact) mass is 279 g/mol. The van der Waals surface area contributed by atoms with Crippen molar-refractivity contribution in [3.8, 4) is 11.5 Å². The van der Waals surface area contributed by atoms with Crippen LogP contribution < -0.4 is 4.74 Å². The van der Waals surface area contributed by atoms with E-state index in [2.05, 4.69) is 4.98 Å². The summed E-state index contributed by atoms with van der Waals surface area (Å²) in [6.07, 6.45) is 2.86. The van der Waals surface area contributed by atoms with E-state index in [1.54, 1.807) is 50.9 Å². The number of hydrogen-bond acceptors (Lipinski definition) is 4. The van der Waals surface area contributed by atoms with Gasteiger partial charge in [-0.2, -0.15) is 0 Å². The fraction of sp³-hybridized carbons (Fsp3) is 0.214. The van der Waals surface area contributed by atoms with Crippen LogP contribution in [0.5, 0.6) is 11.5 Å². The average Bonchev–Trinajstić information content (AvgIpc) is 2.45. The lowest BCUT2D eigenvalue weighted by Crippen LogP contribution is -2.03. The number of rotatable bonds is 5. The molecular weight excluding hydrogens is 266 g/mol. The zero-order chi connectivity index (χ0) is 13.7. The normalized spacial score (nSPS) is 10.7. The Balaban J connectivity index is 2.27. The van der Waals surface area contributed by atoms with Crippen molar-refractivity contribution in [2.75, 3.05) is 14.2 Å². The third-order valence-electron chi connectivity index (χ3n) is 2.53. The van der Waals surface area contributed by atoms with Crippen molar-refractivity contribution >= 4 is 11.6 Å². The van der Waals surface area contributed by atoms with E-state index < -0.39 is 6.29 Å². The predicted molar refractivity (Wildman–Crippen MR) is 72.5 cm³/mol. The van der Waals surface area contributed by atoms with Gasteiger partial charge < -0.3 is 14.2 Å². The van der Waals surface area contributed by atoms with E-state index in [1.165, 1.54) is 0 Å². The summed E-state index contributed by atoms with van der Waals surface area (Å²) in [6.45, 7) is 0. The topological polar surface area (TPSA) is 40.6 Å². The summed E-state index contributed by atoms with van der Waals surface area (Å²) in [4.78, 5) is 3.93. The molecule has 0 fully saturated rings. The van der Waals surface area contributed by atoms with Crippen LogP contribution in [0, 0.1) is 0 Å². The Labute approximate surface area is 116 Å². The standard InChI is InChI=1S/C14H14ClNO3/c1-17-14(18-2)10-3-4-12(15)13(9-10)19-11-5-7-16-8-6-11/h3-9,14H,1-2H3. The van der Waals surface area contributed by atoms with Crippen molar-refractivity contribution in [3.63, 3.8) is 0 Å². The molecule has 0 saturated heterocycles. The quantitative estimate of drug-likeness (QED) is 0.780. The van der Waals surface area contributed by atoms with Gasteiger partial charge in [0.25, 0.3) is 0 Å². The number of pyridine rings is 1. The highest BCUT2D eigenvalue weighted by Gasteiger charge is 2.12. The molecule has 2 rings (SSSR count). The molecule has 1 aromatic heterocycles. The van der Waals surface area contributed by atoms with E-state index in [1.807, 2.05) is 6.07 Å². The first-order valence-corrected chi connectivity index (χ1v) is 6.05. The second-order valence-electron chi connectivity index (χ2n) is 3.78. The van der Waals surface area contributed by atoms with Gasteiger partial charge in [0, 0.05) is 32.2 Å². The second-order valence-corrected chi connectivity index (χ2v) is 4.19. The van der Waals surface area contributed by atoms with Gasteiger partial charge in [0.05, 0.1) is 5.02 Å². The predicted octanol–water partition coefficient (Wildman–Crippen LogP) is 3.82. The van der Waals surface area contributed by atoms with E-state index in [-0.39, 0.29) is 0 Å². The third-order valence-corrected chi connectivity index (χ3v) is 2.85. The minimum Gasteiger partial charge on any atom is -0.456 e. The molecule has 1 aromatic carbocycles. The van der Waals surface area contributed by atoms with Crippen LogP contribution in [-0.4, -0.2) is 19.2 Å². The van der Waals surface area contributed by atoms with Gasteiger partial charge in [-0.05, 0) is 24.3 Å². The summed E-state index contributed by atoms with van der Waals surface area (Å²) in [6, 6.07) is 8.89. The lowest BCUT2D eigenvalue weighted by Gasteiger charge is -2.15. The number of hydrogen-bond donors (Lipinski definition) is 0. The van der Waals surface area contributed by atoms with Crippen molar-refractivity contribution in [2.24, 2.45) is 0 Å². The number of methoxy groups -OCH3 is 2. The molecule has 0 atom stereocenters. The lowest BCUT2D eigenvalue weighted by atomic mass is 10.2. The molecule has 0 spiro atoms. The van der Waals surface area contributed by atoms with E-state index >= 15 is 0 Å². The maximum Gasteiger partial charge on any atom is 0.183 e. The van der Waals surface area contributed by atoms with E-state index in [9.17, 15) is 0 Å². The molecule has 19 heavy (non-hydrogen) atoms. The molecule has 4 nitrogen and oxygen atoms in total. The van der Waals surface area contributed by atoms with Gasteiger partial charge in [-0.15, -0.1) is 0 Å². The molecule has 0 aliphatic heterocycles. The Morgan fingerprint density at radius 2 is 1.74 bits per heavy atom. The van der Waals surface area contributed by atoms with E-state index in [0.29, 0.717) is 16.5 Å². The zero-order valence-electron chi connectivity index (χ0n) is 10.7. The van der Waals surface area contributed by atoms with Crippen LogP contribution in [-0.2, 0) is 9.47 Å². The number of aromatic nitrogens is 1. The molecule has 0 aliphatic carbocycles. The highest BCUT2D eigenvalue weighted by molar-refractivity contribution is 6.32. The molecular formula is C14H14ClNO3. The Kier molecular flexibility index (Phi) is 4.74. The summed E-state index contributed by atoms with van der Waals surface area (Å²) < 4.78 is 16.1. The largest absolute Gasteiger partial charge is 0.456 e. The molecule has 5 heteroatoms. The van der Waals surface area contributed by atoms with Gasteiger partial charge in [0.1, 0.15) is 11.5 Å². The highest BCUT2D eigenvalue weighted by atomic mass is 35.5. The maximum atomic E-state index is 6.11. The van der Waals surface area contributed by atoms with Crippen molar-refractivity contribution in [2.45, 2.75) is 6.29 Å². The highest BCUT2D eigenvalue weighted by Crippen LogP contribution is 2.32. The van der Waals surface area contributed by atoms with Gasteiger partial charge in [-0.25, -0.2) is 0 Å². The molecule has 0 radical (unpaired) electrons. The van der Waals surface area contributed by atoms with Gasteiger partial charge in [0.15, 0.2) is 6.29 Å². The molecule has 0 N–H and O–H groups in total. The molecule has 0 aliphatic rings. The fourth-order valence-corrected chi connectivity index (χ4v) is 1.80. The van der Waals surface area contributed by atoms with Gasteiger partial charge in [0.2, 0.25) is 0 Å². The summed E-state index contributed by atoms with van der Waals surface area (Å²) in [5.41, 5.74) is 0.832. The number of nitrogens with zero attached hydrogens (tertiary/aromatic N) is 1. The van der Waals surface area contributed by atoms with Crippen LogP contribution in [0.2, 0.25) is 5.02 Å². The zero-order valence-corrected chi connectivity index (χ0v) is 11.4. The smallest absolute Gasteiger partial charge is 0.183 e. The molecule has 100 valence electrons. The Morgan fingerprint density at radius 1 is 1.05 bits per heavy atom. The van der Waals surface area contributed by atoms with Gasteiger partial charge in [-0.3, -0.25) is 4.98 Å². The first-order chi connectivity index (χ1) is 9.24. The summed E-state index contributed by atoms with van der Waals surface area (Å²) in [7, 11) is 3.15. The van der Waals surface area contributed by atoms with Gasteiger partial charge in [-0.1, -0.05) is 17.7 Å². The third kappa shape index (κ3) is 3.44. The summed E-state index contributed by atoms with van der Waals surface area (Å²) in [5.74, 6) is 1.21. The minimum absolute atomic E-state index is 0.447. The molecule has 0 unspecified atom stereocenters. The van der Waals surface area contributed by atoms with Crippen molar-refractivity contribution in [1.82, 2.24) is 4.98 Å². The molecule has 0 amide bonds. The van der Waals surface area contributed by atoms with Crippen molar-refractivity contribution in [1.29, 1.82) is 0 Å². The number of benzene rings is 1. The van der Waals surface area contributed by atoms with Crippen molar-refractivity contribution in [3.05, 3.63) is 53.3 Å². The Bertz CT molecular complexity index is 529. The molecule has 2 aromatic rings. The van der Waals surface area contributed by atoms with Crippen LogP contribution in [0.3, 0.4) is 0 Å². The average molecular weight is 280 g/mol.